The summed E-state index contributed by atoms with van der Waals surface area (Å²) in [6, 6.07) is 11.5. The predicted octanol–water partition coefficient (Wildman–Crippen LogP) is 3.49. The van der Waals surface area contributed by atoms with E-state index in [1.165, 1.54) is 12.1 Å². The molecule has 2 heterocycles. The summed E-state index contributed by atoms with van der Waals surface area (Å²) in [5, 5.41) is 19.0. The van der Waals surface area contributed by atoms with Gasteiger partial charge in [-0.05, 0) is 30.3 Å². The summed E-state index contributed by atoms with van der Waals surface area (Å²) in [6.45, 7) is 0.101. The highest BCUT2D eigenvalue weighted by Crippen LogP contribution is 2.32. The SMILES string of the molecule is COc1ccc2c(c1)nc(C1=C(O)CN(c3cccc(F)c3)C1=N)n2C. The molecule has 26 heavy (non-hydrogen) atoms. The third-order valence-corrected chi connectivity index (χ3v) is 4.53. The predicted molar refractivity (Wildman–Crippen MR) is 98.3 cm³/mol. The molecule has 1 aliphatic rings. The van der Waals surface area contributed by atoms with E-state index in [2.05, 4.69) is 4.98 Å². The molecule has 6 nitrogen and oxygen atoms in total. The van der Waals surface area contributed by atoms with Crippen LogP contribution in [-0.4, -0.2) is 34.1 Å². The van der Waals surface area contributed by atoms with E-state index in [1.54, 1.807) is 30.2 Å². The Bertz CT molecular complexity index is 1070. The zero-order valence-corrected chi connectivity index (χ0v) is 14.3. The summed E-state index contributed by atoms with van der Waals surface area (Å²) in [7, 11) is 3.42. The van der Waals surface area contributed by atoms with E-state index in [-0.39, 0.29) is 18.1 Å². The first-order valence-electron chi connectivity index (χ1n) is 8.04. The molecule has 2 aromatic carbocycles. The maximum Gasteiger partial charge on any atom is 0.148 e. The average molecular weight is 352 g/mol. The zero-order valence-electron chi connectivity index (χ0n) is 14.3. The number of imidazole rings is 1. The van der Waals surface area contributed by atoms with Gasteiger partial charge in [0, 0.05) is 18.8 Å². The lowest BCUT2D eigenvalue weighted by Gasteiger charge is -2.18. The minimum Gasteiger partial charge on any atom is -0.509 e. The van der Waals surface area contributed by atoms with Crippen LogP contribution >= 0.6 is 0 Å². The van der Waals surface area contributed by atoms with Gasteiger partial charge in [0.2, 0.25) is 0 Å². The van der Waals surface area contributed by atoms with Gasteiger partial charge >= 0.3 is 0 Å². The monoisotopic (exact) mass is 352 g/mol. The minimum atomic E-state index is -0.391. The fourth-order valence-corrected chi connectivity index (χ4v) is 3.21. The van der Waals surface area contributed by atoms with Crippen molar-refractivity contribution in [2.24, 2.45) is 7.05 Å². The molecule has 0 bridgehead atoms. The van der Waals surface area contributed by atoms with Crippen molar-refractivity contribution in [3.63, 3.8) is 0 Å². The van der Waals surface area contributed by atoms with Gasteiger partial charge in [-0.25, -0.2) is 9.37 Å². The first-order valence-corrected chi connectivity index (χ1v) is 8.04. The third kappa shape index (κ3) is 2.40. The number of rotatable bonds is 3. The zero-order chi connectivity index (χ0) is 18.4. The van der Waals surface area contributed by atoms with Gasteiger partial charge in [-0.15, -0.1) is 0 Å². The van der Waals surface area contributed by atoms with Gasteiger partial charge in [0.05, 0.1) is 30.3 Å². The van der Waals surface area contributed by atoms with E-state index in [4.69, 9.17) is 10.1 Å². The highest BCUT2D eigenvalue weighted by molar-refractivity contribution is 6.30. The maximum atomic E-state index is 13.5. The number of anilines is 1. The van der Waals surface area contributed by atoms with Crippen molar-refractivity contribution in [1.29, 1.82) is 5.41 Å². The largest absolute Gasteiger partial charge is 0.509 e. The molecule has 0 radical (unpaired) electrons. The number of nitrogens with zero attached hydrogens (tertiary/aromatic N) is 3. The number of aromatic nitrogens is 2. The van der Waals surface area contributed by atoms with Gasteiger partial charge in [-0.1, -0.05) is 6.07 Å². The second-order valence-corrected chi connectivity index (χ2v) is 6.09. The lowest BCUT2D eigenvalue weighted by Crippen LogP contribution is -2.26. The van der Waals surface area contributed by atoms with Crippen molar-refractivity contribution < 1.29 is 14.2 Å². The van der Waals surface area contributed by atoms with E-state index in [9.17, 15) is 9.50 Å². The molecule has 0 saturated heterocycles. The van der Waals surface area contributed by atoms with E-state index >= 15 is 0 Å². The topological polar surface area (TPSA) is 74.4 Å². The fraction of sp³-hybridized carbons (Fsp3) is 0.158. The van der Waals surface area contributed by atoms with Crippen molar-refractivity contribution in [3.05, 3.63) is 59.9 Å². The quantitative estimate of drug-likeness (QED) is 0.757. The van der Waals surface area contributed by atoms with Crippen LogP contribution in [0, 0.1) is 11.2 Å². The van der Waals surface area contributed by atoms with Crippen molar-refractivity contribution in [1.82, 2.24) is 9.55 Å². The van der Waals surface area contributed by atoms with Crippen LogP contribution in [0.25, 0.3) is 16.6 Å². The van der Waals surface area contributed by atoms with Gasteiger partial charge in [0.15, 0.2) is 0 Å². The third-order valence-electron chi connectivity index (χ3n) is 4.53. The van der Waals surface area contributed by atoms with Crippen LogP contribution in [0.15, 0.2) is 48.2 Å². The Kier molecular flexibility index (Phi) is 3.64. The Morgan fingerprint density at radius 1 is 1.23 bits per heavy atom. The van der Waals surface area contributed by atoms with Crippen LogP contribution in [0.5, 0.6) is 5.75 Å². The minimum absolute atomic E-state index is 0.0321. The molecule has 7 heteroatoms. The van der Waals surface area contributed by atoms with Crippen LogP contribution < -0.4 is 9.64 Å². The summed E-state index contributed by atoms with van der Waals surface area (Å²) in [5.74, 6) is 0.888. The second-order valence-electron chi connectivity index (χ2n) is 6.09. The van der Waals surface area contributed by atoms with Gasteiger partial charge in [0.25, 0.3) is 0 Å². The van der Waals surface area contributed by atoms with Crippen LogP contribution in [0.4, 0.5) is 10.1 Å². The number of fused-ring (bicyclic) bond motifs is 1. The van der Waals surface area contributed by atoms with E-state index in [0.717, 1.165) is 5.52 Å². The fourth-order valence-electron chi connectivity index (χ4n) is 3.21. The maximum absolute atomic E-state index is 13.5. The molecule has 3 aromatic rings. The number of amidine groups is 1. The van der Waals surface area contributed by atoms with Crippen LogP contribution in [-0.2, 0) is 7.05 Å². The molecule has 4 rings (SSSR count). The lowest BCUT2D eigenvalue weighted by molar-refractivity contribution is 0.411. The van der Waals surface area contributed by atoms with Gasteiger partial charge in [-0.3, -0.25) is 5.41 Å². The summed E-state index contributed by atoms with van der Waals surface area (Å²) in [5.41, 5.74) is 2.42. The summed E-state index contributed by atoms with van der Waals surface area (Å²) in [4.78, 5) is 6.12. The number of hydrogen-bond donors (Lipinski definition) is 2. The average Bonchev–Trinajstić information content (AvgIpc) is 3.10. The first kappa shape index (κ1) is 16.1. The number of nitrogens with one attached hydrogen (secondary N) is 1. The number of aryl methyl sites for hydroxylation is 1. The van der Waals surface area contributed by atoms with Crippen molar-refractivity contribution in [2.45, 2.75) is 0 Å². The van der Waals surface area contributed by atoms with Crippen LogP contribution in [0.2, 0.25) is 0 Å². The summed E-state index contributed by atoms with van der Waals surface area (Å²) >= 11 is 0. The number of benzene rings is 2. The molecule has 0 spiro atoms. The number of aliphatic hydroxyl groups excluding tert-OH is 1. The van der Waals surface area contributed by atoms with Gasteiger partial charge in [-0.2, -0.15) is 0 Å². The molecule has 0 atom stereocenters. The van der Waals surface area contributed by atoms with E-state index in [0.29, 0.717) is 28.4 Å². The lowest BCUT2D eigenvalue weighted by atomic mass is 10.2. The Balaban J connectivity index is 1.78. The van der Waals surface area contributed by atoms with E-state index in [1.807, 2.05) is 23.7 Å². The molecule has 0 aliphatic carbocycles. The molecular weight excluding hydrogens is 335 g/mol. The number of methoxy groups -OCH3 is 1. The summed E-state index contributed by atoms with van der Waals surface area (Å²) < 4.78 is 20.6. The van der Waals surface area contributed by atoms with Gasteiger partial charge in [0.1, 0.15) is 29.0 Å². The highest BCUT2D eigenvalue weighted by atomic mass is 19.1. The first-order chi connectivity index (χ1) is 12.5. The standard InChI is InChI=1S/C19H17FN4O2/c1-23-15-7-6-13(26-2)9-14(15)22-19(23)17-16(25)10-24(18(17)21)12-5-3-4-11(20)8-12/h3-9,21,25H,10H2,1-2H3. The number of ether oxygens (including phenoxy) is 1. The molecule has 0 amide bonds. The molecule has 1 aromatic heterocycles. The normalized spacial score (nSPS) is 14.6. The van der Waals surface area contributed by atoms with Crippen LogP contribution in [0.3, 0.4) is 0 Å². The smallest absolute Gasteiger partial charge is 0.148 e. The molecule has 2 N–H and O–H groups in total. The Hall–Kier alpha value is -3.35. The number of aliphatic hydroxyl groups is 1. The van der Waals surface area contributed by atoms with Crippen LogP contribution in [0.1, 0.15) is 5.82 Å². The van der Waals surface area contributed by atoms with Crippen molar-refractivity contribution in [2.75, 3.05) is 18.6 Å². The highest BCUT2D eigenvalue weighted by Gasteiger charge is 2.32. The molecule has 0 fully saturated rings. The molecule has 0 saturated carbocycles. The number of hydrogen-bond acceptors (Lipinski definition) is 4. The Labute approximate surface area is 149 Å². The molecule has 1 aliphatic heterocycles. The molecule has 132 valence electrons. The Morgan fingerprint density at radius 3 is 2.77 bits per heavy atom. The van der Waals surface area contributed by atoms with Crippen molar-refractivity contribution >= 4 is 28.1 Å². The Morgan fingerprint density at radius 2 is 2.04 bits per heavy atom. The van der Waals surface area contributed by atoms with E-state index < -0.39 is 5.82 Å². The van der Waals surface area contributed by atoms with Crippen molar-refractivity contribution in [3.8, 4) is 5.75 Å². The summed E-state index contributed by atoms with van der Waals surface area (Å²) in [6.07, 6.45) is 0. The molecule has 0 unspecified atom stereocenters. The number of halogens is 1. The molecular formula is C19H17FN4O2. The van der Waals surface area contributed by atoms with Gasteiger partial charge < -0.3 is 19.3 Å². The second kappa shape index (κ2) is 5.87.